The molecule has 0 spiro atoms. The first-order valence-electron chi connectivity index (χ1n) is 9.51. The van der Waals surface area contributed by atoms with Crippen molar-refractivity contribution in [3.63, 3.8) is 0 Å². The van der Waals surface area contributed by atoms with Crippen LogP contribution in [0.5, 0.6) is 0 Å². The molecule has 26 heavy (non-hydrogen) atoms. The molecule has 3 rings (SSSR count). The summed E-state index contributed by atoms with van der Waals surface area (Å²) in [7, 11) is 0. The van der Waals surface area contributed by atoms with E-state index < -0.39 is 0 Å². The molecule has 0 aliphatic rings. The first kappa shape index (κ1) is 18.3. The van der Waals surface area contributed by atoms with Gasteiger partial charge in [-0.2, -0.15) is 0 Å². The van der Waals surface area contributed by atoms with Gasteiger partial charge in [-0.25, -0.2) is 9.97 Å². The van der Waals surface area contributed by atoms with Crippen LogP contribution >= 0.6 is 0 Å². The summed E-state index contributed by atoms with van der Waals surface area (Å²) in [4.78, 5) is 12.0. The van der Waals surface area contributed by atoms with Crippen LogP contribution in [-0.4, -0.2) is 34.5 Å². The van der Waals surface area contributed by atoms with Gasteiger partial charge in [0.25, 0.3) is 0 Å². The lowest BCUT2D eigenvalue weighted by atomic mass is 10.0. The highest BCUT2D eigenvalue weighted by Gasteiger charge is 2.11. The average molecular weight is 345 g/mol. The quantitative estimate of drug-likeness (QED) is 0.570. The Morgan fingerprint density at radius 1 is 0.808 bits per heavy atom. The second-order valence-corrected chi connectivity index (χ2v) is 6.42. The molecule has 0 fully saturated rings. The van der Waals surface area contributed by atoms with E-state index in [1.54, 1.807) is 0 Å². The van der Waals surface area contributed by atoms with Crippen molar-refractivity contribution in [2.24, 2.45) is 0 Å². The summed E-state index contributed by atoms with van der Waals surface area (Å²) in [5.74, 6) is 0.808. The Morgan fingerprint density at radius 2 is 1.42 bits per heavy atom. The van der Waals surface area contributed by atoms with Crippen LogP contribution in [0.2, 0.25) is 0 Å². The van der Waals surface area contributed by atoms with Gasteiger partial charge in [0.1, 0.15) is 0 Å². The number of benzene rings is 2. The topological polar surface area (TPSA) is 29.0 Å². The number of nitrogens with zero attached hydrogens (tertiary/aromatic N) is 3. The van der Waals surface area contributed by atoms with E-state index in [2.05, 4.69) is 60.1 Å². The van der Waals surface area contributed by atoms with Gasteiger partial charge in [-0.1, -0.05) is 74.5 Å². The van der Waals surface area contributed by atoms with Crippen LogP contribution in [0.3, 0.4) is 0 Å². The fourth-order valence-corrected chi connectivity index (χ4v) is 3.20. The molecule has 0 radical (unpaired) electrons. The minimum absolute atomic E-state index is 0.808. The molecule has 1 heterocycles. The zero-order valence-electron chi connectivity index (χ0n) is 15.7. The van der Waals surface area contributed by atoms with Crippen molar-refractivity contribution in [2.45, 2.75) is 26.7 Å². The Bertz CT molecular complexity index is 796. The minimum Gasteiger partial charge on any atom is -0.304 e. The molecule has 1 aromatic heterocycles. The van der Waals surface area contributed by atoms with Crippen LogP contribution in [-0.2, 0) is 6.42 Å². The third-order valence-corrected chi connectivity index (χ3v) is 4.77. The maximum absolute atomic E-state index is 4.94. The molecule has 3 heteroatoms. The molecule has 2 aromatic carbocycles. The highest BCUT2D eigenvalue weighted by molar-refractivity contribution is 5.67. The molecule has 0 aliphatic heterocycles. The Hall–Kier alpha value is -2.52. The van der Waals surface area contributed by atoms with E-state index in [0.717, 1.165) is 55.1 Å². The molecule has 0 amide bonds. The van der Waals surface area contributed by atoms with Gasteiger partial charge < -0.3 is 4.90 Å². The lowest BCUT2D eigenvalue weighted by molar-refractivity contribution is 0.299. The maximum atomic E-state index is 4.94. The number of hydrogen-bond acceptors (Lipinski definition) is 3. The van der Waals surface area contributed by atoms with Crippen LogP contribution in [0.4, 0.5) is 0 Å². The third-order valence-electron chi connectivity index (χ3n) is 4.77. The van der Waals surface area contributed by atoms with Gasteiger partial charge in [-0.3, -0.25) is 0 Å². The number of hydrogen-bond donors (Lipinski definition) is 0. The number of aromatic nitrogens is 2. The highest BCUT2D eigenvalue weighted by Crippen LogP contribution is 2.25. The molecule has 0 aliphatic carbocycles. The normalized spacial score (nSPS) is 11.0. The van der Waals surface area contributed by atoms with Crippen molar-refractivity contribution in [3.8, 4) is 22.5 Å². The molecule has 0 saturated carbocycles. The predicted octanol–water partition coefficient (Wildman–Crippen LogP) is 5.09. The van der Waals surface area contributed by atoms with Gasteiger partial charge in [0.15, 0.2) is 5.82 Å². The Kier molecular flexibility index (Phi) is 6.50. The van der Waals surface area contributed by atoms with Crippen molar-refractivity contribution in [2.75, 3.05) is 19.6 Å². The first-order chi connectivity index (χ1) is 12.8. The van der Waals surface area contributed by atoms with Crippen molar-refractivity contribution in [1.82, 2.24) is 14.9 Å². The van der Waals surface area contributed by atoms with E-state index in [9.17, 15) is 0 Å². The van der Waals surface area contributed by atoms with E-state index in [1.807, 2.05) is 30.5 Å². The minimum atomic E-state index is 0.808. The number of rotatable bonds is 8. The van der Waals surface area contributed by atoms with Crippen LogP contribution in [0.1, 0.15) is 26.0 Å². The van der Waals surface area contributed by atoms with Crippen molar-refractivity contribution >= 4 is 0 Å². The summed E-state index contributed by atoms with van der Waals surface area (Å²) < 4.78 is 0. The van der Waals surface area contributed by atoms with Crippen LogP contribution in [0.25, 0.3) is 22.5 Å². The number of aryl methyl sites for hydroxylation is 1. The van der Waals surface area contributed by atoms with Crippen molar-refractivity contribution in [3.05, 3.63) is 72.6 Å². The van der Waals surface area contributed by atoms with Crippen LogP contribution in [0.15, 0.2) is 66.9 Å². The van der Waals surface area contributed by atoms with Crippen LogP contribution in [0, 0.1) is 0 Å². The first-order valence-corrected chi connectivity index (χ1v) is 9.51. The zero-order chi connectivity index (χ0) is 18.2. The molecule has 0 bridgehead atoms. The highest BCUT2D eigenvalue weighted by atomic mass is 15.1. The second-order valence-electron chi connectivity index (χ2n) is 6.42. The summed E-state index contributed by atoms with van der Waals surface area (Å²) in [5.41, 5.74) is 4.53. The van der Waals surface area contributed by atoms with Gasteiger partial charge in [0.05, 0.1) is 5.69 Å². The van der Waals surface area contributed by atoms with E-state index in [4.69, 9.17) is 4.98 Å². The lowest BCUT2D eigenvalue weighted by Gasteiger charge is -2.18. The van der Waals surface area contributed by atoms with E-state index in [1.165, 1.54) is 5.56 Å². The summed E-state index contributed by atoms with van der Waals surface area (Å²) in [6.07, 6.45) is 4.05. The van der Waals surface area contributed by atoms with E-state index >= 15 is 0 Å². The van der Waals surface area contributed by atoms with Crippen LogP contribution < -0.4 is 0 Å². The monoisotopic (exact) mass is 345 g/mol. The summed E-state index contributed by atoms with van der Waals surface area (Å²) in [6, 6.07) is 20.7. The fraction of sp³-hybridized carbons (Fsp3) is 0.304. The average Bonchev–Trinajstić information content (AvgIpc) is 2.72. The summed E-state index contributed by atoms with van der Waals surface area (Å²) in [5, 5.41) is 0. The standard InChI is InChI=1S/C23H27N3/c1-3-26(4-2)17-11-16-22-21(19-12-7-5-8-13-19)18-24-23(25-22)20-14-9-6-10-15-20/h5-10,12-15,18H,3-4,11,16-17H2,1-2H3. The van der Waals surface area contributed by atoms with Crippen molar-refractivity contribution < 1.29 is 0 Å². The smallest absolute Gasteiger partial charge is 0.159 e. The predicted molar refractivity (Wildman–Crippen MR) is 109 cm³/mol. The van der Waals surface area contributed by atoms with Gasteiger partial charge in [0.2, 0.25) is 0 Å². The van der Waals surface area contributed by atoms with E-state index in [-0.39, 0.29) is 0 Å². The molecule has 134 valence electrons. The summed E-state index contributed by atoms with van der Waals surface area (Å²) >= 11 is 0. The molecule has 0 atom stereocenters. The Balaban J connectivity index is 1.89. The van der Waals surface area contributed by atoms with E-state index in [0.29, 0.717) is 0 Å². The SMILES string of the molecule is CCN(CC)CCCc1nc(-c2ccccc2)ncc1-c1ccccc1. The molecule has 0 N–H and O–H groups in total. The largest absolute Gasteiger partial charge is 0.304 e. The molecular weight excluding hydrogens is 318 g/mol. The Morgan fingerprint density at radius 3 is 2.04 bits per heavy atom. The molecule has 0 saturated heterocycles. The van der Waals surface area contributed by atoms with Gasteiger partial charge >= 0.3 is 0 Å². The third kappa shape index (κ3) is 4.55. The van der Waals surface area contributed by atoms with Gasteiger partial charge in [-0.15, -0.1) is 0 Å². The maximum Gasteiger partial charge on any atom is 0.159 e. The molecule has 3 aromatic rings. The molecular formula is C23H27N3. The Labute approximate surface area is 156 Å². The van der Waals surface area contributed by atoms with Gasteiger partial charge in [-0.05, 0) is 38.0 Å². The molecule has 0 unspecified atom stereocenters. The lowest BCUT2D eigenvalue weighted by Crippen LogP contribution is -2.24. The fourth-order valence-electron chi connectivity index (χ4n) is 3.20. The second kappa shape index (κ2) is 9.25. The zero-order valence-corrected chi connectivity index (χ0v) is 15.7. The van der Waals surface area contributed by atoms with Gasteiger partial charge in [0, 0.05) is 17.3 Å². The summed E-state index contributed by atoms with van der Waals surface area (Å²) in [6.45, 7) is 7.74. The molecule has 3 nitrogen and oxygen atoms in total. The van der Waals surface area contributed by atoms with Crippen molar-refractivity contribution in [1.29, 1.82) is 0 Å².